The van der Waals surface area contributed by atoms with Gasteiger partial charge in [-0.05, 0) is 32.1 Å². The first kappa shape index (κ1) is 20.6. The molecule has 5 heteroatoms. The molecule has 0 spiro atoms. The van der Waals surface area contributed by atoms with E-state index in [1.165, 1.54) is 44.9 Å². The van der Waals surface area contributed by atoms with E-state index in [2.05, 4.69) is 23.3 Å². The van der Waals surface area contributed by atoms with Crippen LogP contribution in [-0.2, 0) is 14.6 Å². The summed E-state index contributed by atoms with van der Waals surface area (Å²) in [4.78, 5) is 0. The maximum atomic E-state index is 10.3. The van der Waals surface area contributed by atoms with Gasteiger partial charge in [0.15, 0.2) is 0 Å². The van der Waals surface area contributed by atoms with Gasteiger partial charge < -0.3 is 0 Å². The first-order valence-electron chi connectivity index (χ1n) is 8.33. The summed E-state index contributed by atoms with van der Waals surface area (Å²) in [6, 6.07) is 0. The molecule has 0 atom stereocenters. The fraction of sp³-hybridized carbons (Fsp3) is 0.875. The van der Waals surface area contributed by atoms with E-state index in [1.54, 1.807) is 0 Å². The maximum absolute atomic E-state index is 10.3. The van der Waals surface area contributed by atoms with Gasteiger partial charge in [-0.15, -0.1) is 0 Å². The van der Waals surface area contributed by atoms with Crippen molar-refractivity contribution in [2.45, 2.75) is 84.0 Å². The Morgan fingerprint density at radius 3 is 1.81 bits per heavy atom. The average molecular weight is 320 g/mol. The molecule has 126 valence electrons. The maximum Gasteiger partial charge on any atom is 0.397 e. The van der Waals surface area contributed by atoms with E-state index in [-0.39, 0.29) is 6.61 Å². The van der Waals surface area contributed by atoms with Gasteiger partial charge in [-0.3, -0.25) is 4.55 Å². The molecule has 0 aliphatic rings. The van der Waals surface area contributed by atoms with Gasteiger partial charge in [-0.1, -0.05) is 64.0 Å². The Hall–Kier alpha value is -0.390. The van der Waals surface area contributed by atoms with Crippen LogP contribution in [0, 0.1) is 0 Å². The molecule has 0 amide bonds. The summed E-state index contributed by atoms with van der Waals surface area (Å²) in [5.41, 5.74) is 0. The van der Waals surface area contributed by atoms with Crippen molar-refractivity contribution in [3.05, 3.63) is 12.2 Å². The Bertz CT molecular complexity index is 336. The molecule has 21 heavy (non-hydrogen) atoms. The van der Waals surface area contributed by atoms with Crippen molar-refractivity contribution in [2.24, 2.45) is 0 Å². The van der Waals surface area contributed by atoms with Gasteiger partial charge in [0.05, 0.1) is 6.61 Å². The molecule has 0 aromatic heterocycles. The van der Waals surface area contributed by atoms with Gasteiger partial charge in [-0.2, -0.15) is 8.42 Å². The van der Waals surface area contributed by atoms with Crippen LogP contribution in [0.4, 0.5) is 0 Å². The second-order valence-electron chi connectivity index (χ2n) is 5.48. The van der Waals surface area contributed by atoms with E-state index < -0.39 is 10.4 Å². The molecule has 0 aromatic carbocycles. The summed E-state index contributed by atoms with van der Waals surface area (Å²) in [5.74, 6) is 0. The highest BCUT2D eigenvalue weighted by atomic mass is 32.3. The Balaban J connectivity index is 3.15. The summed E-state index contributed by atoms with van der Waals surface area (Å²) in [7, 11) is -4.25. The summed E-state index contributed by atoms with van der Waals surface area (Å²) >= 11 is 0. The van der Waals surface area contributed by atoms with Crippen LogP contribution in [0.5, 0.6) is 0 Å². The second-order valence-corrected chi connectivity index (χ2v) is 6.57. The van der Waals surface area contributed by atoms with Crippen molar-refractivity contribution >= 4 is 10.4 Å². The van der Waals surface area contributed by atoms with Crippen LogP contribution < -0.4 is 0 Å². The van der Waals surface area contributed by atoms with Crippen LogP contribution in [0.1, 0.15) is 84.0 Å². The zero-order valence-corrected chi connectivity index (χ0v) is 14.2. The van der Waals surface area contributed by atoms with Crippen LogP contribution in [-0.4, -0.2) is 19.6 Å². The van der Waals surface area contributed by atoms with Gasteiger partial charge >= 0.3 is 10.4 Å². The third kappa shape index (κ3) is 19.6. The van der Waals surface area contributed by atoms with Crippen LogP contribution in [0.25, 0.3) is 0 Å². The highest BCUT2D eigenvalue weighted by Crippen LogP contribution is 2.08. The van der Waals surface area contributed by atoms with Crippen molar-refractivity contribution in [2.75, 3.05) is 6.61 Å². The first-order chi connectivity index (χ1) is 10.1. The minimum absolute atomic E-state index is 0.0761. The summed E-state index contributed by atoms with van der Waals surface area (Å²) in [6.45, 7) is 2.32. The highest BCUT2D eigenvalue weighted by Gasteiger charge is 2.02. The Labute approximate surface area is 130 Å². The van der Waals surface area contributed by atoms with E-state index in [0.29, 0.717) is 6.42 Å². The Kier molecular flexibility index (Phi) is 14.3. The number of hydrogen-bond donors (Lipinski definition) is 1. The number of unbranched alkanes of at least 4 members (excludes halogenated alkanes) is 10. The zero-order chi connectivity index (χ0) is 15.8. The van der Waals surface area contributed by atoms with Crippen LogP contribution in [0.15, 0.2) is 12.2 Å². The molecule has 0 saturated carbocycles. The first-order valence-corrected chi connectivity index (χ1v) is 9.69. The molecule has 0 heterocycles. The lowest BCUT2D eigenvalue weighted by Gasteiger charge is -2.00. The topological polar surface area (TPSA) is 63.6 Å². The number of rotatable bonds is 15. The van der Waals surface area contributed by atoms with E-state index in [9.17, 15) is 8.42 Å². The molecule has 1 N–H and O–H groups in total. The second kappa shape index (κ2) is 14.5. The van der Waals surface area contributed by atoms with E-state index >= 15 is 0 Å². The van der Waals surface area contributed by atoms with Gasteiger partial charge in [0, 0.05) is 0 Å². The summed E-state index contributed by atoms with van der Waals surface area (Å²) in [6.07, 6.45) is 18.7. The predicted octanol–water partition coefficient (Wildman–Crippen LogP) is 5.06. The fourth-order valence-corrected chi connectivity index (χ4v) is 2.49. The molecule has 0 rings (SSSR count). The van der Waals surface area contributed by atoms with E-state index in [4.69, 9.17) is 4.55 Å². The summed E-state index contributed by atoms with van der Waals surface area (Å²) in [5, 5.41) is 0. The highest BCUT2D eigenvalue weighted by molar-refractivity contribution is 7.80. The number of hydrogen-bond acceptors (Lipinski definition) is 3. The largest absolute Gasteiger partial charge is 0.397 e. The quantitative estimate of drug-likeness (QED) is 0.260. The van der Waals surface area contributed by atoms with Crippen molar-refractivity contribution in [3.63, 3.8) is 0 Å². The van der Waals surface area contributed by atoms with Crippen LogP contribution in [0.2, 0.25) is 0 Å². The fourth-order valence-electron chi connectivity index (χ4n) is 2.16. The van der Waals surface area contributed by atoms with Gasteiger partial charge in [0.1, 0.15) is 0 Å². The zero-order valence-electron chi connectivity index (χ0n) is 13.4. The molecule has 0 bridgehead atoms. The molecule has 4 nitrogen and oxygen atoms in total. The molecule has 0 fully saturated rings. The Morgan fingerprint density at radius 1 is 0.810 bits per heavy atom. The molecule has 0 unspecified atom stereocenters. The smallest absolute Gasteiger partial charge is 0.264 e. The minimum atomic E-state index is -4.25. The predicted molar refractivity (Wildman–Crippen MR) is 87.7 cm³/mol. The SMILES string of the molecule is CCCCCCCC/C=C\CCCCCCOS(=O)(=O)O. The Morgan fingerprint density at radius 2 is 1.29 bits per heavy atom. The molecule has 0 saturated heterocycles. The van der Waals surface area contributed by atoms with Crippen molar-refractivity contribution in [3.8, 4) is 0 Å². The van der Waals surface area contributed by atoms with Crippen molar-refractivity contribution < 1.29 is 17.2 Å². The molecule has 0 aromatic rings. The van der Waals surface area contributed by atoms with Crippen molar-refractivity contribution in [1.29, 1.82) is 0 Å². The van der Waals surface area contributed by atoms with E-state index in [0.717, 1.165) is 25.7 Å². The molecule has 0 aliphatic heterocycles. The number of allylic oxidation sites excluding steroid dienone is 2. The summed E-state index contributed by atoms with van der Waals surface area (Å²) < 4.78 is 33.2. The molecular weight excluding hydrogens is 288 g/mol. The van der Waals surface area contributed by atoms with Crippen molar-refractivity contribution in [1.82, 2.24) is 0 Å². The van der Waals surface area contributed by atoms with Crippen LogP contribution in [0.3, 0.4) is 0 Å². The normalized spacial score (nSPS) is 12.3. The third-order valence-electron chi connectivity index (χ3n) is 3.39. The standard InChI is InChI=1S/C16H32O4S/c1-2-3-4-5-6-7-8-9-10-11-12-13-14-15-16-20-21(17,18)19/h9-10H,2-8,11-16H2,1H3,(H,17,18,19)/b10-9-. The lowest BCUT2D eigenvalue weighted by molar-refractivity contribution is 0.261. The minimum Gasteiger partial charge on any atom is -0.264 e. The molecule has 0 aliphatic carbocycles. The van der Waals surface area contributed by atoms with Gasteiger partial charge in [0.2, 0.25) is 0 Å². The molecular formula is C16H32O4S. The van der Waals surface area contributed by atoms with Gasteiger partial charge in [-0.25, -0.2) is 4.18 Å². The van der Waals surface area contributed by atoms with E-state index in [1.807, 2.05) is 0 Å². The average Bonchev–Trinajstić information content (AvgIpc) is 2.42. The van der Waals surface area contributed by atoms with Gasteiger partial charge in [0.25, 0.3) is 0 Å². The van der Waals surface area contributed by atoms with Crippen LogP contribution >= 0.6 is 0 Å². The lowest BCUT2D eigenvalue weighted by atomic mass is 10.1. The molecule has 0 radical (unpaired) electrons. The lowest BCUT2D eigenvalue weighted by Crippen LogP contribution is -2.04. The monoisotopic (exact) mass is 320 g/mol. The third-order valence-corrected chi connectivity index (χ3v) is 3.85.